The Balaban J connectivity index is 1.29. The van der Waals surface area contributed by atoms with E-state index in [1.165, 1.54) is 6.08 Å². The first-order chi connectivity index (χ1) is 17.5. The Morgan fingerprint density at radius 2 is 1.39 bits per heavy atom. The molecular formula is C31H28F4O. The highest BCUT2D eigenvalue weighted by molar-refractivity contribution is 5.73. The number of ether oxygens (including phenoxy) is 1. The smallest absolute Gasteiger partial charge is 0.167 e. The zero-order chi connectivity index (χ0) is 25.2. The molecule has 1 atom stereocenters. The van der Waals surface area contributed by atoms with E-state index in [2.05, 4.69) is 12.2 Å². The monoisotopic (exact) mass is 492 g/mol. The number of allylic oxidation sites excluding steroid dienone is 2. The summed E-state index contributed by atoms with van der Waals surface area (Å²) < 4.78 is 63.8. The molecule has 0 spiro atoms. The fourth-order valence-electron chi connectivity index (χ4n) is 5.14. The Morgan fingerprint density at radius 3 is 2.06 bits per heavy atom. The minimum absolute atomic E-state index is 0.0441. The topological polar surface area (TPSA) is 12.5 Å². The lowest BCUT2D eigenvalue weighted by molar-refractivity contribution is 0.363. The maximum atomic E-state index is 14.9. The summed E-state index contributed by atoms with van der Waals surface area (Å²) in [5, 5.41) is 0. The van der Waals surface area contributed by atoms with Crippen molar-refractivity contribution in [1.29, 1.82) is 0 Å². The molecule has 3 aromatic carbocycles. The molecule has 0 aromatic heterocycles. The van der Waals surface area contributed by atoms with Gasteiger partial charge in [-0.2, -0.15) is 0 Å². The highest BCUT2D eigenvalue weighted by Crippen LogP contribution is 2.39. The normalized spacial score (nSPS) is 22.0. The Morgan fingerprint density at radius 1 is 0.722 bits per heavy atom. The maximum absolute atomic E-state index is 14.9. The Labute approximate surface area is 209 Å². The van der Waals surface area contributed by atoms with E-state index >= 15 is 0 Å². The molecule has 1 nitrogen and oxygen atoms in total. The number of epoxide rings is 1. The molecule has 0 bridgehead atoms. The zero-order valence-electron chi connectivity index (χ0n) is 20.1. The quantitative estimate of drug-likeness (QED) is 0.145. The van der Waals surface area contributed by atoms with Gasteiger partial charge in [0.1, 0.15) is 6.10 Å². The average Bonchev–Trinajstić information content (AvgIpc) is 3.73. The van der Waals surface area contributed by atoms with Crippen LogP contribution in [0.15, 0.2) is 60.7 Å². The largest absolute Gasteiger partial charge is 0.368 e. The van der Waals surface area contributed by atoms with Crippen molar-refractivity contribution < 1.29 is 22.3 Å². The lowest BCUT2D eigenvalue weighted by Crippen LogP contribution is -2.13. The summed E-state index contributed by atoms with van der Waals surface area (Å²) in [4.78, 5) is 0. The van der Waals surface area contributed by atoms with Crippen LogP contribution in [0.5, 0.6) is 0 Å². The molecule has 2 aliphatic rings. The highest BCUT2D eigenvalue weighted by atomic mass is 19.2. The minimum Gasteiger partial charge on any atom is -0.368 e. The third-order valence-corrected chi connectivity index (χ3v) is 7.29. The van der Waals surface area contributed by atoms with Crippen LogP contribution >= 0.6 is 0 Å². The zero-order valence-corrected chi connectivity index (χ0v) is 20.1. The van der Waals surface area contributed by atoms with Crippen molar-refractivity contribution >= 4 is 12.2 Å². The van der Waals surface area contributed by atoms with Gasteiger partial charge in [-0.05, 0) is 61.1 Å². The molecule has 5 heteroatoms. The van der Waals surface area contributed by atoms with Crippen LogP contribution in [0, 0.1) is 29.2 Å². The van der Waals surface area contributed by atoms with E-state index in [9.17, 15) is 17.6 Å². The van der Waals surface area contributed by atoms with Crippen LogP contribution in [0.1, 0.15) is 66.9 Å². The second kappa shape index (κ2) is 10.4. The van der Waals surface area contributed by atoms with Crippen LogP contribution in [0.25, 0.3) is 23.3 Å². The van der Waals surface area contributed by atoms with Crippen molar-refractivity contribution in [3.63, 3.8) is 0 Å². The fourth-order valence-corrected chi connectivity index (χ4v) is 5.14. The van der Waals surface area contributed by atoms with Crippen LogP contribution in [-0.4, -0.2) is 6.61 Å². The van der Waals surface area contributed by atoms with E-state index in [0.29, 0.717) is 23.7 Å². The van der Waals surface area contributed by atoms with Gasteiger partial charge < -0.3 is 4.74 Å². The summed E-state index contributed by atoms with van der Waals surface area (Å²) in [6.45, 7) is 2.41. The summed E-state index contributed by atoms with van der Waals surface area (Å²) in [6.07, 6.45) is 10.8. The van der Waals surface area contributed by atoms with Gasteiger partial charge in [-0.3, -0.25) is 0 Å². The number of hydrogen-bond acceptors (Lipinski definition) is 1. The average molecular weight is 493 g/mol. The van der Waals surface area contributed by atoms with Gasteiger partial charge in [0, 0.05) is 16.7 Å². The highest BCUT2D eigenvalue weighted by Gasteiger charge is 2.30. The van der Waals surface area contributed by atoms with Crippen LogP contribution < -0.4 is 0 Å². The van der Waals surface area contributed by atoms with Gasteiger partial charge in [0.05, 0.1) is 6.61 Å². The molecule has 5 rings (SSSR count). The van der Waals surface area contributed by atoms with E-state index in [-0.39, 0.29) is 28.7 Å². The van der Waals surface area contributed by atoms with Crippen molar-refractivity contribution in [3.8, 4) is 11.1 Å². The van der Waals surface area contributed by atoms with E-state index in [1.807, 2.05) is 6.92 Å². The predicted molar refractivity (Wildman–Crippen MR) is 135 cm³/mol. The Hall–Kier alpha value is -3.18. The van der Waals surface area contributed by atoms with Gasteiger partial charge in [0.25, 0.3) is 0 Å². The molecule has 1 saturated carbocycles. The van der Waals surface area contributed by atoms with Crippen LogP contribution in [0.4, 0.5) is 17.6 Å². The molecule has 36 heavy (non-hydrogen) atoms. The van der Waals surface area contributed by atoms with E-state index in [4.69, 9.17) is 4.74 Å². The molecule has 186 valence electrons. The SMILES string of the molecule is C/C=C/C1CCC(c2ccc(/C=C/c3ccc(-c4ccc(C5CO5)c(F)c4F)cc3)c(F)c2F)CC1. The van der Waals surface area contributed by atoms with E-state index in [1.54, 1.807) is 54.6 Å². The summed E-state index contributed by atoms with van der Waals surface area (Å²) in [5.41, 5.74) is 2.29. The number of rotatable bonds is 6. The summed E-state index contributed by atoms with van der Waals surface area (Å²) in [7, 11) is 0. The van der Waals surface area contributed by atoms with Crippen LogP contribution in [0.2, 0.25) is 0 Å². The summed E-state index contributed by atoms with van der Waals surface area (Å²) in [6, 6.07) is 13.2. The molecule has 1 heterocycles. The van der Waals surface area contributed by atoms with Gasteiger partial charge in [0.2, 0.25) is 0 Å². The molecule has 1 saturated heterocycles. The minimum atomic E-state index is -0.903. The van der Waals surface area contributed by atoms with Crippen molar-refractivity contribution in [2.24, 2.45) is 5.92 Å². The Bertz CT molecular complexity index is 1300. The lowest BCUT2D eigenvalue weighted by atomic mass is 9.78. The lowest BCUT2D eigenvalue weighted by Gasteiger charge is -2.27. The second-order valence-corrected chi connectivity index (χ2v) is 9.62. The summed E-state index contributed by atoms with van der Waals surface area (Å²) in [5.74, 6) is -2.82. The first-order valence-corrected chi connectivity index (χ1v) is 12.4. The Kier molecular flexibility index (Phi) is 7.10. The molecular weight excluding hydrogens is 464 g/mol. The second-order valence-electron chi connectivity index (χ2n) is 9.62. The van der Waals surface area contributed by atoms with Gasteiger partial charge in [-0.15, -0.1) is 0 Å². The molecule has 0 N–H and O–H groups in total. The van der Waals surface area contributed by atoms with Crippen molar-refractivity contribution in [3.05, 3.63) is 106 Å². The molecule has 0 radical (unpaired) electrons. The number of halogens is 4. The molecule has 1 aliphatic heterocycles. The van der Waals surface area contributed by atoms with E-state index < -0.39 is 23.3 Å². The van der Waals surface area contributed by atoms with Crippen LogP contribution in [-0.2, 0) is 4.74 Å². The van der Waals surface area contributed by atoms with Gasteiger partial charge in [-0.25, -0.2) is 17.6 Å². The van der Waals surface area contributed by atoms with Crippen molar-refractivity contribution in [1.82, 2.24) is 0 Å². The number of benzene rings is 3. The van der Waals surface area contributed by atoms with Crippen molar-refractivity contribution in [2.45, 2.75) is 44.6 Å². The molecule has 3 aromatic rings. The maximum Gasteiger partial charge on any atom is 0.167 e. The van der Waals surface area contributed by atoms with Gasteiger partial charge in [0.15, 0.2) is 23.3 Å². The first kappa shape index (κ1) is 24.5. The fraction of sp³-hybridized carbons (Fsp3) is 0.290. The van der Waals surface area contributed by atoms with E-state index in [0.717, 1.165) is 31.2 Å². The van der Waals surface area contributed by atoms with Crippen LogP contribution in [0.3, 0.4) is 0 Å². The standard InChI is InChI=1S/C31H28F4O/c1-2-3-19-4-9-21(10-5-19)24-15-14-23(28(32)29(24)33)13-8-20-6-11-22(12-7-20)25-16-17-26(27-18-36-27)31(35)30(25)34/h2-3,6-8,11-17,19,21,27H,4-5,9-10,18H2,1H3/b3-2+,13-8+. The molecule has 2 fully saturated rings. The molecule has 1 aliphatic carbocycles. The third kappa shape index (κ3) is 5.03. The molecule has 0 amide bonds. The third-order valence-electron chi connectivity index (χ3n) is 7.29. The number of hydrogen-bond donors (Lipinski definition) is 0. The predicted octanol–water partition coefficient (Wildman–Crippen LogP) is 9.00. The van der Waals surface area contributed by atoms with Gasteiger partial charge >= 0.3 is 0 Å². The first-order valence-electron chi connectivity index (χ1n) is 12.4. The van der Waals surface area contributed by atoms with Crippen molar-refractivity contribution in [2.75, 3.05) is 6.61 Å². The van der Waals surface area contributed by atoms with Gasteiger partial charge in [-0.1, -0.05) is 72.8 Å². The molecule has 1 unspecified atom stereocenters. The summed E-state index contributed by atoms with van der Waals surface area (Å²) >= 11 is 0.